The largest absolute Gasteiger partial charge is 0.363 e. The van der Waals surface area contributed by atoms with E-state index in [-0.39, 0.29) is 6.04 Å². The number of aromatic amines is 1. The Bertz CT molecular complexity index is 504. The summed E-state index contributed by atoms with van der Waals surface area (Å²) in [4.78, 5) is 3.40. The van der Waals surface area contributed by atoms with Gasteiger partial charge in [0.25, 0.3) is 0 Å². The maximum Gasteiger partial charge on any atom is 0.244 e. The van der Waals surface area contributed by atoms with E-state index in [1.807, 2.05) is 14.0 Å². The minimum Gasteiger partial charge on any atom is -0.363 e. The van der Waals surface area contributed by atoms with Gasteiger partial charge in [-0.1, -0.05) is 19.8 Å². The fourth-order valence-corrected chi connectivity index (χ4v) is 4.53. The summed E-state index contributed by atoms with van der Waals surface area (Å²) in [7, 11) is -1.52. The molecule has 0 aromatic carbocycles. The lowest BCUT2D eigenvalue weighted by atomic mass is 10.2. The third-order valence-corrected chi connectivity index (χ3v) is 5.74. The number of nitrogens with zero attached hydrogens (tertiary/aromatic N) is 1. The van der Waals surface area contributed by atoms with E-state index in [1.54, 1.807) is 16.6 Å². The van der Waals surface area contributed by atoms with Gasteiger partial charge in [0.15, 0.2) is 0 Å². The van der Waals surface area contributed by atoms with Gasteiger partial charge in [0, 0.05) is 31.0 Å². The van der Waals surface area contributed by atoms with E-state index < -0.39 is 10.0 Å². The average Bonchev–Trinajstić information content (AvgIpc) is 3.01. The summed E-state index contributed by atoms with van der Waals surface area (Å²) in [6.45, 7) is 3.10. The molecule has 1 aromatic rings. The molecule has 108 valence electrons. The lowest BCUT2D eigenvalue weighted by Crippen LogP contribution is -2.38. The molecule has 1 saturated carbocycles. The minimum absolute atomic E-state index is 0.178. The molecule has 0 unspecified atom stereocenters. The maximum atomic E-state index is 12.7. The van der Waals surface area contributed by atoms with Gasteiger partial charge in [-0.15, -0.1) is 0 Å². The Kier molecular flexibility index (Phi) is 4.65. The molecule has 0 spiro atoms. The summed E-state index contributed by atoms with van der Waals surface area (Å²) in [5, 5.41) is 3.01. The van der Waals surface area contributed by atoms with Crippen molar-refractivity contribution < 1.29 is 8.42 Å². The first-order valence-electron chi connectivity index (χ1n) is 6.93. The van der Waals surface area contributed by atoms with Crippen molar-refractivity contribution in [1.29, 1.82) is 0 Å². The van der Waals surface area contributed by atoms with E-state index in [0.29, 0.717) is 18.0 Å². The summed E-state index contributed by atoms with van der Waals surface area (Å²) in [6.07, 6.45) is 5.84. The number of rotatable bonds is 6. The van der Waals surface area contributed by atoms with Crippen LogP contribution in [0.3, 0.4) is 0 Å². The van der Waals surface area contributed by atoms with Gasteiger partial charge in [0.1, 0.15) is 0 Å². The van der Waals surface area contributed by atoms with Crippen LogP contribution in [0.5, 0.6) is 0 Å². The van der Waals surface area contributed by atoms with Crippen LogP contribution < -0.4 is 5.32 Å². The van der Waals surface area contributed by atoms with E-state index in [2.05, 4.69) is 10.3 Å². The number of aromatic nitrogens is 1. The minimum atomic E-state index is -3.36. The Morgan fingerprint density at radius 3 is 2.68 bits per heavy atom. The molecular weight excluding hydrogens is 262 g/mol. The topological polar surface area (TPSA) is 65.2 Å². The van der Waals surface area contributed by atoms with Crippen molar-refractivity contribution in [2.75, 3.05) is 13.6 Å². The first-order valence-corrected chi connectivity index (χ1v) is 8.37. The normalized spacial score (nSPS) is 17.4. The Morgan fingerprint density at radius 1 is 1.42 bits per heavy atom. The molecular formula is C13H23N3O2S. The molecule has 1 aromatic heterocycles. The van der Waals surface area contributed by atoms with Crippen molar-refractivity contribution in [2.45, 2.75) is 50.1 Å². The Hall–Kier alpha value is -0.850. The monoisotopic (exact) mass is 285 g/mol. The van der Waals surface area contributed by atoms with Crippen LogP contribution in [0, 0.1) is 0 Å². The van der Waals surface area contributed by atoms with Gasteiger partial charge in [-0.2, -0.15) is 4.31 Å². The van der Waals surface area contributed by atoms with Crippen molar-refractivity contribution in [1.82, 2.24) is 14.6 Å². The highest BCUT2D eigenvalue weighted by molar-refractivity contribution is 7.89. The lowest BCUT2D eigenvalue weighted by molar-refractivity contribution is 0.335. The van der Waals surface area contributed by atoms with Crippen molar-refractivity contribution in [3.05, 3.63) is 18.0 Å². The number of nitrogens with one attached hydrogen (secondary N) is 2. The lowest BCUT2D eigenvalue weighted by Gasteiger charge is -2.26. The molecule has 0 bridgehead atoms. The molecule has 0 radical (unpaired) electrons. The van der Waals surface area contributed by atoms with Crippen LogP contribution in [0.1, 0.15) is 38.3 Å². The zero-order valence-electron chi connectivity index (χ0n) is 11.6. The molecule has 19 heavy (non-hydrogen) atoms. The van der Waals surface area contributed by atoms with Gasteiger partial charge < -0.3 is 10.3 Å². The standard InChI is InChI=1S/C13H23N3O2S/c1-3-16(12-6-4-5-7-12)19(17,18)13-8-11(9-14-2)15-10-13/h8,10,12,14-15H,3-7,9H2,1-2H3. The fraction of sp³-hybridized carbons (Fsp3) is 0.692. The third kappa shape index (κ3) is 3.01. The molecule has 6 heteroatoms. The van der Waals surface area contributed by atoms with E-state index in [9.17, 15) is 8.42 Å². The third-order valence-electron chi connectivity index (χ3n) is 3.73. The maximum absolute atomic E-state index is 12.7. The Morgan fingerprint density at radius 2 is 2.11 bits per heavy atom. The number of sulfonamides is 1. The smallest absolute Gasteiger partial charge is 0.244 e. The van der Waals surface area contributed by atoms with Crippen LogP contribution in [0.25, 0.3) is 0 Å². The average molecular weight is 285 g/mol. The second-order valence-electron chi connectivity index (χ2n) is 5.04. The van der Waals surface area contributed by atoms with Crippen molar-refractivity contribution >= 4 is 10.0 Å². The summed E-state index contributed by atoms with van der Waals surface area (Å²) < 4.78 is 27.0. The molecule has 0 atom stereocenters. The first kappa shape index (κ1) is 14.6. The Labute approximate surface area is 115 Å². The second-order valence-corrected chi connectivity index (χ2v) is 6.93. The second kappa shape index (κ2) is 6.07. The molecule has 0 aliphatic heterocycles. The van der Waals surface area contributed by atoms with Gasteiger partial charge in [0.05, 0.1) is 4.90 Å². The van der Waals surface area contributed by atoms with Gasteiger partial charge in [0.2, 0.25) is 10.0 Å². The number of hydrogen-bond donors (Lipinski definition) is 2. The highest BCUT2D eigenvalue weighted by Crippen LogP contribution is 2.28. The first-order chi connectivity index (χ1) is 9.09. The quantitative estimate of drug-likeness (QED) is 0.836. The van der Waals surface area contributed by atoms with E-state index in [1.165, 1.54) is 0 Å². The number of hydrogen-bond acceptors (Lipinski definition) is 3. The van der Waals surface area contributed by atoms with Gasteiger partial charge in [-0.3, -0.25) is 0 Å². The van der Waals surface area contributed by atoms with Gasteiger partial charge in [-0.05, 0) is 26.0 Å². The van der Waals surface area contributed by atoms with E-state index in [0.717, 1.165) is 31.4 Å². The van der Waals surface area contributed by atoms with Crippen molar-refractivity contribution in [3.8, 4) is 0 Å². The highest BCUT2D eigenvalue weighted by Gasteiger charge is 2.32. The molecule has 1 aliphatic rings. The van der Waals surface area contributed by atoms with E-state index in [4.69, 9.17) is 0 Å². The molecule has 1 aliphatic carbocycles. The molecule has 2 rings (SSSR count). The van der Waals surface area contributed by atoms with Crippen LogP contribution in [-0.2, 0) is 16.6 Å². The van der Waals surface area contributed by atoms with Crippen molar-refractivity contribution in [2.24, 2.45) is 0 Å². The number of H-pyrrole nitrogens is 1. The van der Waals surface area contributed by atoms with E-state index >= 15 is 0 Å². The Balaban J connectivity index is 2.23. The SMILES string of the molecule is CCN(C1CCCC1)S(=O)(=O)c1c[nH]c(CNC)c1. The molecule has 1 heterocycles. The summed E-state index contributed by atoms with van der Waals surface area (Å²) in [5.74, 6) is 0. The highest BCUT2D eigenvalue weighted by atomic mass is 32.2. The predicted molar refractivity (Wildman–Crippen MR) is 75.4 cm³/mol. The van der Waals surface area contributed by atoms with Gasteiger partial charge in [-0.25, -0.2) is 8.42 Å². The van der Waals surface area contributed by atoms with Crippen LogP contribution in [0.15, 0.2) is 17.2 Å². The van der Waals surface area contributed by atoms with Crippen LogP contribution in [0.2, 0.25) is 0 Å². The summed E-state index contributed by atoms with van der Waals surface area (Å²) in [5.41, 5.74) is 0.892. The zero-order valence-corrected chi connectivity index (χ0v) is 12.5. The van der Waals surface area contributed by atoms with Crippen molar-refractivity contribution in [3.63, 3.8) is 0 Å². The van der Waals surface area contributed by atoms with Crippen LogP contribution >= 0.6 is 0 Å². The van der Waals surface area contributed by atoms with Gasteiger partial charge >= 0.3 is 0 Å². The molecule has 2 N–H and O–H groups in total. The van der Waals surface area contributed by atoms with Crippen LogP contribution in [0.4, 0.5) is 0 Å². The summed E-state index contributed by atoms with van der Waals surface area (Å²) in [6, 6.07) is 1.90. The molecule has 0 saturated heterocycles. The zero-order chi connectivity index (χ0) is 13.9. The molecule has 0 amide bonds. The summed E-state index contributed by atoms with van der Waals surface area (Å²) >= 11 is 0. The van der Waals surface area contributed by atoms with Crippen LogP contribution in [-0.4, -0.2) is 37.3 Å². The predicted octanol–water partition coefficient (Wildman–Crippen LogP) is 1.69. The fourth-order valence-electron chi connectivity index (χ4n) is 2.81. The molecule has 5 nitrogen and oxygen atoms in total. The molecule has 1 fully saturated rings.